The zero-order valence-corrected chi connectivity index (χ0v) is 10.3. The Morgan fingerprint density at radius 1 is 1.67 bits per heavy atom. The maximum absolute atomic E-state index is 5.80. The van der Waals surface area contributed by atoms with Crippen LogP contribution in [0.25, 0.3) is 0 Å². The molecular weight excluding hydrogens is 188 g/mol. The first kappa shape index (κ1) is 12.7. The maximum atomic E-state index is 5.80. The molecule has 1 rings (SSSR count). The molecule has 0 aliphatic carbocycles. The molecule has 1 fully saturated rings. The van der Waals surface area contributed by atoms with Gasteiger partial charge in [-0.15, -0.1) is 6.58 Å². The summed E-state index contributed by atoms with van der Waals surface area (Å²) in [5.41, 5.74) is 1.25. The number of allylic oxidation sites excluding steroid dienone is 1. The number of hydrogen-bond acceptors (Lipinski definition) is 3. The molecule has 1 heterocycles. The fourth-order valence-corrected chi connectivity index (χ4v) is 1.97. The van der Waals surface area contributed by atoms with Crippen LogP contribution in [0.5, 0.6) is 0 Å². The summed E-state index contributed by atoms with van der Waals surface area (Å²) in [5.74, 6) is 0. The van der Waals surface area contributed by atoms with Gasteiger partial charge in [0, 0.05) is 19.1 Å². The van der Waals surface area contributed by atoms with Gasteiger partial charge in [-0.25, -0.2) is 0 Å². The molecule has 0 radical (unpaired) electrons. The second-order valence-corrected chi connectivity index (χ2v) is 4.56. The van der Waals surface area contributed by atoms with Gasteiger partial charge < -0.3 is 15.0 Å². The molecule has 1 N–H and O–H groups in total. The molecule has 0 saturated carbocycles. The predicted molar refractivity (Wildman–Crippen MR) is 64.1 cm³/mol. The minimum atomic E-state index is 0.327. The van der Waals surface area contributed by atoms with E-state index < -0.39 is 0 Å². The van der Waals surface area contributed by atoms with Gasteiger partial charge >= 0.3 is 0 Å². The fraction of sp³-hybridized carbons (Fsp3) is 0.833. The minimum absolute atomic E-state index is 0.327. The number of morpholine rings is 1. The van der Waals surface area contributed by atoms with E-state index in [0.717, 1.165) is 32.5 Å². The Morgan fingerprint density at radius 3 is 2.93 bits per heavy atom. The van der Waals surface area contributed by atoms with Gasteiger partial charge in [-0.05, 0) is 33.9 Å². The number of ether oxygens (including phenoxy) is 1. The highest BCUT2D eigenvalue weighted by atomic mass is 16.5. The summed E-state index contributed by atoms with van der Waals surface area (Å²) in [6, 6.07) is 0.449. The minimum Gasteiger partial charge on any atom is -0.374 e. The first-order valence-electron chi connectivity index (χ1n) is 5.75. The van der Waals surface area contributed by atoms with Crippen LogP contribution in [0.2, 0.25) is 0 Å². The van der Waals surface area contributed by atoms with Gasteiger partial charge in [0.05, 0.1) is 12.7 Å². The Kier molecular flexibility index (Phi) is 5.29. The molecule has 1 aliphatic rings. The van der Waals surface area contributed by atoms with Gasteiger partial charge in [-0.1, -0.05) is 5.57 Å². The van der Waals surface area contributed by atoms with Crippen molar-refractivity contribution in [3.63, 3.8) is 0 Å². The van der Waals surface area contributed by atoms with Crippen molar-refractivity contribution in [1.82, 2.24) is 10.2 Å². The van der Waals surface area contributed by atoms with E-state index in [1.807, 2.05) is 7.05 Å². The van der Waals surface area contributed by atoms with Crippen LogP contribution in [0.15, 0.2) is 12.2 Å². The highest BCUT2D eigenvalue weighted by Crippen LogP contribution is 2.13. The third kappa shape index (κ3) is 4.33. The zero-order valence-electron chi connectivity index (χ0n) is 10.3. The van der Waals surface area contributed by atoms with E-state index in [0.29, 0.717) is 12.1 Å². The molecule has 1 aliphatic heterocycles. The second-order valence-electron chi connectivity index (χ2n) is 4.56. The summed E-state index contributed by atoms with van der Waals surface area (Å²) in [6.07, 6.45) is 2.52. The molecule has 3 heteroatoms. The standard InChI is InChI=1S/C12H24N2O/c1-10(2)5-6-11(13-3)12-9-14(4)7-8-15-12/h11-13H,1,5-9H2,2-4H3. The number of nitrogens with one attached hydrogen (secondary N) is 1. The van der Waals surface area contributed by atoms with E-state index >= 15 is 0 Å². The van der Waals surface area contributed by atoms with Gasteiger partial charge in [0.2, 0.25) is 0 Å². The molecular formula is C12H24N2O. The molecule has 2 unspecified atom stereocenters. The number of hydrogen-bond donors (Lipinski definition) is 1. The van der Waals surface area contributed by atoms with E-state index in [1.165, 1.54) is 5.57 Å². The highest BCUT2D eigenvalue weighted by Gasteiger charge is 2.25. The molecule has 0 spiro atoms. The Hall–Kier alpha value is -0.380. The fourth-order valence-electron chi connectivity index (χ4n) is 1.97. The summed E-state index contributed by atoms with van der Waals surface area (Å²) in [4.78, 5) is 2.33. The van der Waals surface area contributed by atoms with Crippen LogP contribution in [0, 0.1) is 0 Å². The number of nitrogens with zero attached hydrogens (tertiary/aromatic N) is 1. The second kappa shape index (κ2) is 6.26. The normalized spacial score (nSPS) is 25.1. The topological polar surface area (TPSA) is 24.5 Å². The lowest BCUT2D eigenvalue weighted by Gasteiger charge is -2.35. The lowest BCUT2D eigenvalue weighted by molar-refractivity contribution is -0.0385. The van der Waals surface area contributed by atoms with Crippen LogP contribution in [-0.4, -0.2) is 50.8 Å². The molecule has 88 valence electrons. The van der Waals surface area contributed by atoms with Gasteiger partial charge in [0.15, 0.2) is 0 Å². The van der Waals surface area contributed by atoms with Crippen LogP contribution >= 0.6 is 0 Å². The SMILES string of the molecule is C=C(C)CCC(NC)C1CN(C)CCO1. The monoisotopic (exact) mass is 212 g/mol. The smallest absolute Gasteiger partial charge is 0.0855 e. The Bertz CT molecular complexity index is 206. The molecule has 3 nitrogen and oxygen atoms in total. The van der Waals surface area contributed by atoms with Crippen molar-refractivity contribution in [3.8, 4) is 0 Å². The van der Waals surface area contributed by atoms with Crippen LogP contribution in [0.1, 0.15) is 19.8 Å². The van der Waals surface area contributed by atoms with Crippen molar-refractivity contribution >= 4 is 0 Å². The van der Waals surface area contributed by atoms with Crippen LogP contribution in [0.3, 0.4) is 0 Å². The first-order chi connectivity index (χ1) is 7.13. The van der Waals surface area contributed by atoms with Gasteiger partial charge in [-0.2, -0.15) is 0 Å². The number of likely N-dealkylation sites (N-methyl/N-ethyl adjacent to an activating group) is 2. The summed E-state index contributed by atoms with van der Waals surface area (Å²) >= 11 is 0. The van der Waals surface area contributed by atoms with Crippen molar-refractivity contribution < 1.29 is 4.74 Å². The predicted octanol–water partition coefficient (Wildman–Crippen LogP) is 1.26. The molecule has 2 atom stereocenters. The molecule has 0 amide bonds. The lowest BCUT2D eigenvalue weighted by atomic mass is 10.0. The Morgan fingerprint density at radius 2 is 2.40 bits per heavy atom. The summed E-state index contributed by atoms with van der Waals surface area (Å²) in [5, 5.41) is 3.35. The lowest BCUT2D eigenvalue weighted by Crippen LogP contribution is -2.50. The summed E-state index contributed by atoms with van der Waals surface area (Å²) in [6.45, 7) is 8.96. The largest absolute Gasteiger partial charge is 0.374 e. The van der Waals surface area contributed by atoms with Gasteiger partial charge in [0.1, 0.15) is 0 Å². The van der Waals surface area contributed by atoms with Crippen LogP contribution < -0.4 is 5.32 Å². The molecule has 15 heavy (non-hydrogen) atoms. The maximum Gasteiger partial charge on any atom is 0.0855 e. The highest BCUT2D eigenvalue weighted by molar-refractivity contribution is 4.91. The van der Waals surface area contributed by atoms with E-state index in [9.17, 15) is 0 Å². The van der Waals surface area contributed by atoms with Crippen molar-refractivity contribution in [2.45, 2.75) is 31.9 Å². The molecule has 0 aromatic rings. The Balaban J connectivity index is 2.38. The van der Waals surface area contributed by atoms with E-state index in [2.05, 4.69) is 30.8 Å². The van der Waals surface area contributed by atoms with Crippen LogP contribution in [0.4, 0.5) is 0 Å². The van der Waals surface area contributed by atoms with Gasteiger partial charge in [-0.3, -0.25) is 0 Å². The zero-order chi connectivity index (χ0) is 11.3. The van der Waals surface area contributed by atoms with E-state index in [1.54, 1.807) is 0 Å². The average Bonchev–Trinajstić information content (AvgIpc) is 2.18. The van der Waals surface area contributed by atoms with Crippen molar-refractivity contribution in [1.29, 1.82) is 0 Å². The summed E-state index contributed by atoms with van der Waals surface area (Å²) < 4.78 is 5.80. The first-order valence-corrected chi connectivity index (χ1v) is 5.75. The van der Waals surface area contributed by atoms with E-state index in [-0.39, 0.29) is 0 Å². The van der Waals surface area contributed by atoms with Crippen molar-refractivity contribution in [3.05, 3.63) is 12.2 Å². The number of rotatable bonds is 5. The molecule has 0 aromatic heterocycles. The third-order valence-corrected chi connectivity index (χ3v) is 3.00. The Labute approximate surface area is 93.5 Å². The third-order valence-electron chi connectivity index (χ3n) is 3.00. The van der Waals surface area contributed by atoms with E-state index in [4.69, 9.17) is 4.74 Å². The average molecular weight is 212 g/mol. The van der Waals surface area contributed by atoms with Crippen LogP contribution in [-0.2, 0) is 4.74 Å². The molecule has 1 saturated heterocycles. The quantitative estimate of drug-likeness (QED) is 0.694. The van der Waals surface area contributed by atoms with Gasteiger partial charge in [0.25, 0.3) is 0 Å². The molecule has 0 bridgehead atoms. The van der Waals surface area contributed by atoms with Crippen molar-refractivity contribution in [2.24, 2.45) is 0 Å². The van der Waals surface area contributed by atoms with Crippen molar-refractivity contribution in [2.75, 3.05) is 33.8 Å². The summed E-state index contributed by atoms with van der Waals surface area (Å²) in [7, 11) is 4.17. The molecule has 0 aromatic carbocycles.